The van der Waals surface area contributed by atoms with Gasteiger partial charge in [-0.3, -0.25) is 4.79 Å². The van der Waals surface area contributed by atoms with Gasteiger partial charge in [-0.1, -0.05) is 25.6 Å². The topological polar surface area (TPSA) is 72.3 Å². The Kier molecular flexibility index (Phi) is 3.83. The Labute approximate surface area is 126 Å². The normalized spacial score (nSPS) is 22.5. The third-order valence-corrected chi connectivity index (χ3v) is 4.50. The number of benzene rings is 1. The summed E-state index contributed by atoms with van der Waals surface area (Å²) in [7, 11) is 0. The number of carbonyl (C=O) groups is 1. The van der Waals surface area contributed by atoms with Crippen molar-refractivity contribution in [3.63, 3.8) is 0 Å². The van der Waals surface area contributed by atoms with E-state index < -0.39 is 0 Å². The maximum atomic E-state index is 11.7. The minimum absolute atomic E-state index is 0.00738. The van der Waals surface area contributed by atoms with Crippen LogP contribution in [0, 0.1) is 5.92 Å². The molecule has 3 rings (SSSR count). The highest BCUT2D eigenvalue weighted by Gasteiger charge is 2.32. The Hall–Kier alpha value is -2.02. The van der Waals surface area contributed by atoms with Gasteiger partial charge in [0.1, 0.15) is 0 Å². The van der Waals surface area contributed by atoms with E-state index in [-0.39, 0.29) is 23.9 Å². The van der Waals surface area contributed by atoms with E-state index in [4.69, 9.17) is 9.47 Å². The third-order valence-electron chi connectivity index (χ3n) is 3.08. The van der Waals surface area contributed by atoms with Gasteiger partial charge in [0.05, 0.1) is 11.5 Å². The number of nitrogens with zero attached hydrogens (tertiary/aromatic N) is 2. The number of nitrogens with one attached hydrogen (secondary N) is 1. The highest BCUT2D eigenvalue weighted by Crippen LogP contribution is 2.32. The molecule has 0 bridgehead atoms. The van der Waals surface area contributed by atoms with E-state index in [1.807, 2.05) is 32.0 Å². The molecule has 1 aromatic rings. The molecule has 1 N–H and O–H groups in total. The second-order valence-electron chi connectivity index (χ2n) is 5.03. The van der Waals surface area contributed by atoms with Crippen molar-refractivity contribution >= 4 is 29.1 Å². The lowest BCUT2D eigenvalue weighted by molar-refractivity contribution is -0.119. The lowest BCUT2D eigenvalue weighted by Gasteiger charge is -2.07. The fraction of sp³-hybridized carbons (Fsp3) is 0.357. The van der Waals surface area contributed by atoms with Gasteiger partial charge in [-0.05, 0) is 29.7 Å². The van der Waals surface area contributed by atoms with E-state index in [2.05, 4.69) is 15.5 Å². The van der Waals surface area contributed by atoms with Crippen LogP contribution >= 0.6 is 11.8 Å². The largest absolute Gasteiger partial charge is 0.454 e. The molecule has 7 heteroatoms. The number of rotatable bonds is 3. The number of hydrogen-bond acceptors (Lipinski definition) is 6. The molecular formula is C14H15N3O3S. The van der Waals surface area contributed by atoms with E-state index in [0.29, 0.717) is 10.9 Å². The molecule has 110 valence electrons. The first kappa shape index (κ1) is 13.9. The standard InChI is InChI=1S/C14H15N3O3S/c1-8(2)12-13(18)16-14(21-12)17-15-6-9-3-4-10-11(5-9)20-7-19-10/h3-6,8,12H,7H2,1-2H3,(H,16,17,18)/b15-6-. The molecule has 21 heavy (non-hydrogen) atoms. The Morgan fingerprint density at radius 2 is 2.19 bits per heavy atom. The van der Waals surface area contributed by atoms with Gasteiger partial charge in [0.15, 0.2) is 16.7 Å². The number of amides is 1. The fourth-order valence-electron chi connectivity index (χ4n) is 2.01. The van der Waals surface area contributed by atoms with Crippen LogP contribution in [0.4, 0.5) is 0 Å². The van der Waals surface area contributed by atoms with Gasteiger partial charge in [-0.25, -0.2) is 0 Å². The second-order valence-corrected chi connectivity index (χ2v) is 6.16. The Morgan fingerprint density at radius 3 is 2.95 bits per heavy atom. The van der Waals surface area contributed by atoms with Crippen molar-refractivity contribution in [3.05, 3.63) is 23.8 Å². The number of carbonyl (C=O) groups excluding carboxylic acids is 1. The van der Waals surface area contributed by atoms with Crippen molar-refractivity contribution in [2.75, 3.05) is 6.79 Å². The van der Waals surface area contributed by atoms with Gasteiger partial charge in [0, 0.05) is 0 Å². The summed E-state index contributed by atoms with van der Waals surface area (Å²) in [6.07, 6.45) is 1.62. The average Bonchev–Trinajstić information content (AvgIpc) is 3.04. The molecule has 1 saturated heterocycles. The molecule has 0 aromatic heterocycles. The van der Waals surface area contributed by atoms with Crippen LogP contribution in [0.1, 0.15) is 19.4 Å². The zero-order chi connectivity index (χ0) is 14.8. The Bertz CT molecular complexity index is 628. The molecule has 6 nitrogen and oxygen atoms in total. The molecule has 1 amide bonds. The van der Waals surface area contributed by atoms with Crippen molar-refractivity contribution in [2.24, 2.45) is 16.1 Å². The second kappa shape index (κ2) is 5.77. The van der Waals surface area contributed by atoms with Crippen LogP contribution in [0.15, 0.2) is 28.4 Å². The van der Waals surface area contributed by atoms with Gasteiger partial charge >= 0.3 is 0 Å². The molecule has 1 unspecified atom stereocenters. The monoisotopic (exact) mass is 305 g/mol. The molecule has 2 aliphatic heterocycles. The van der Waals surface area contributed by atoms with Gasteiger partial charge in [0.25, 0.3) is 0 Å². The minimum atomic E-state index is -0.0931. The Balaban J connectivity index is 1.67. The molecular weight excluding hydrogens is 290 g/mol. The summed E-state index contributed by atoms with van der Waals surface area (Å²) >= 11 is 1.41. The fourth-order valence-corrected chi connectivity index (χ4v) is 2.94. The summed E-state index contributed by atoms with van der Waals surface area (Å²) in [4.78, 5) is 11.7. The molecule has 0 saturated carbocycles. The molecule has 1 atom stereocenters. The van der Waals surface area contributed by atoms with Gasteiger partial charge in [-0.2, -0.15) is 5.10 Å². The quantitative estimate of drug-likeness (QED) is 0.685. The summed E-state index contributed by atoms with van der Waals surface area (Å²) < 4.78 is 10.5. The van der Waals surface area contributed by atoms with E-state index in [9.17, 15) is 4.79 Å². The van der Waals surface area contributed by atoms with Crippen molar-refractivity contribution < 1.29 is 14.3 Å². The summed E-state index contributed by atoms with van der Waals surface area (Å²) in [6, 6.07) is 5.54. The molecule has 2 heterocycles. The van der Waals surface area contributed by atoms with Crippen LogP contribution < -0.4 is 14.8 Å². The number of fused-ring (bicyclic) bond motifs is 1. The van der Waals surface area contributed by atoms with Crippen molar-refractivity contribution in [1.82, 2.24) is 5.32 Å². The lowest BCUT2D eigenvalue weighted by atomic mass is 10.1. The summed E-state index contributed by atoms with van der Waals surface area (Å²) in [6.45, 7) is 4.27. The number of thioether (sulfide) groups is 1. The molecule has 0 aliphatic carbocycles. The molecule has 1 fully saturated rings. The van der Waals surface area contributed by atoms with Gasteiger partial charge < -0.3 is 14.8 Å². The zero-order valence-corrected chi connectivity index (χ0v) is 12.5. The summed E-state index contributed by atoms with van der Waals surface area (Å²) in [5.74, 6) is 1.69. The SMILES string of the molecule is CC(C)C1S/C(=N/N=C\c2ccc3c(c2)OCO3)NC1=O. The highest BCUT2D eigenvalue weighted by molar-refractivity contribution is 8.15. The molecule has 0 spiro atoms. The van der Waals surface area contributed by atoms with E-state index in [0.717, 1.165) is 11.3 Å². The number of ether oxygens (including phenoxy) is 2. The van der Waals surface area contributed by atoms with Gasteiger partial charge in [0.2, 0.25) is 12.7 Å². The average molecular weight is 305 g/mol. The van der Waals surface area contributed by atoms with Crippen LogP contribution in [0.3, 0.4) is 0 Å². The third kappa shape index (κ3) is 3.02. The van der Waals surface area contributed by atoms with Crippen LogP contribution in [0.25, 0.3) is 0 Å². The minimum Gasteiger partial charge on any atom is -0.454 e. The van der Waals surface area contributed by atoms with Crippen LogP contribution in [-0.2, 0) is 4.79 Å². The maximum Gasteiger partial charge on any atom is 0.239 e. The predicted molar refractivity (Wildman–Crippen MR) is 82.0 cm³/mol. The lowest BCUT2D eigenvalue weighted by Crippen LogP contribution is -2.27. The molecule has 2 aliphatic rings. The van der Waals surface area contributed by atoms with E-state index in [1.165, 1.54) is 11.8 Å². The van der Waals surface area contributed by atoms with Crippen molar-refractivity contribution in [2.45, 2.75) is 19.1 Å². The van der Waals surface area contributed by atoms with E-state index in [1.54, 1.807) is 6.21 Å². The van der Waals surface area contributed by atoms with Crippen LogP contribution in [0.5, 0.6) is 11.5 Å². The zero-order valence-electron chi connectivity index (χ0n) is 11.7. The number of hydrogen-bond donors (Lipinski definition) is 1. The first-order chi connectivity index (χ1) is 10.1. The summed E-state index contributed by atoms with van der Waals surface area (Å²) in [5, 5.41) is 11.2. The Morgan fingerprint density at radius 1 is 1.38 bits per heavy atom. The molecule has 0 radical (unpaired) electrons. The predicted octanol–water partition coefficient (Wildman–Crippen LogP) is 1.99. The van der Waals surface area contributed by atoms with Crippen LogP contribution in [0.2, 0.25) is 0 Å². The van der Waals surface area contributed by atoms with E-state index >= 15 is 0 Å². The highest BCUT2D eigenvalue weighted by atomic mass is 32.2. The van der Waals surface area contributed by atoms with Gasteiger partial charge in [-0.15, -0.1) is 5.10 Å². The van der Waals surface area contributed by atoms with Crippen molar-refractivity contribution in [3.8, 4) is 11.5 Å². The first-order valence-corrected chi connectivity index (χ1v) is 7.49. The molecule has 1 aromatic carbocycles. The smallest absolute Gasteiger partial charge is 0.239 e. The number of amidine groups is 1. The summed E-state index contributed by atoms with van der Waals surface area (Å²) in [5.41, 5.74) is 0.860. The van der Waals surface area contributed by atoms with Crippen molar-refractivity contribution in [1.29, 1.82) is 0 Å². The first-order valence-electron chi connectivity index (χ1n) is 6.61. The maximum absolute atomic E-state index is 11.7. The van der Waals surface area contributed by atoms with Crippen LogP contribution in [-0.4, -0.2) is 29.3 Å².